The molecule has 4 rings (SSSR count). The van der Waals surface area contributed by atoms with Crippen molar-refractivity contribution in [3.05, 3.63) is 89.5 Å². The highest BCUT2D eigenvalue weighted by atomic mass is 16.5. The van der Waals surface area contributed by atoms with Crippen LogP contribution in [0.2, 0.25) is 0 Å². The van der Waals surface area contributed by atoms with Crippen LogP contribution in [0, 0.1) is 6.92 Å². The Labute approximate surface area is 213 Å². The summed E-state index contributed by atoms with van der Waals surface area (Å²) in [4.78, 5) is 25.9. The maximum atomic E-state index is 11.6. The summed E-state index contributed by atoms with van der Waals surface area (Å²) in [5.74, 6) is 1.44. The summed E-state index contributed by atoms with van der Waals surface area (Å²) in [6.45, 7) is 9.73. The van der Waals surface area contributed by atoms with Crippen LogP contribution in [0.5, 0.6) is 5.75 Å². The number of amides is 1. The van der Waals surface area contributed by atoms with Crippen molar-refractivity contribution in [1.82, 2.24) is 14.9 Å². The van der Waals surface area contributed by atoms with Gasteiger partial charge >= 0.3 is 0 Å². The van der Waals surface area contributed by atoms with Gasteiger partial charge in [-0.05, 0) is 62.2 Å². The van der Waals surface area contributed by atoms with Crippen molar-refractivity contribution in [2.45, 2.75) is 26.2 Å². The number of rotatable bonds is 9. The fourth-order valence-electron chi connectivity index (χ4n) is 4.43. The highest BCUT2D eigenvalue weighted by Gasteiger charge is 2.16. The van der Waals surface area contributed by atoms with E-state index in [2.05, 4.69) is 58.0 Å². The van der Waals surface area contributed by atoms with Crippen LogP contribution in [0.3, 0.4) is 0 Å². The molecule has 0 aliphatic carbocycles. The van der Waals surface area contributed by atoms with E-state index in [0.717, 1.165) is 78.7 Å². The van der Waals surface area contributed by atoms with Crippen molar-refractivity contribution in [3.63, 3.8) is 0 Å². The molecule has 7 heteroatoms. The number of hydrogen-bond acceptors (Lipinski definition) is 6. The summed E-state index contributed by atoms with van der Waals surface area (Å²) in [7, 11) is 3.89. The second kappa shape index (κ2) is 11.8. The van der Waals surface area contributed by atoms with Gasteiger partial charge in [0.25, 0.3) is 0 Å². The minimum Gasteiger partial charge on any atom is -0.496 e. The zero-order valence-electron chi connectivity index (χ0n) is 21.5. The van der Waals surface area contributed by atoms with Crippen LogP contribution in [0.4, 0.5) is 11.4 Å². The van der Waals surface area contributed by atoms with E-state index in [9.17, 15) is 4.79 Å². The van der Waals surface area contributed by atoms with Crippen molar-refractivity contribution in [2.75, 3.05) is 50.6 Å². The van der Waals surface area contributed by atoms with Crippen LogP contribution in [0.1, 0.15) is 28.2 Å². The molecule has 1 fully saturated rings. The van der Waals surface area contributed by atoms with Crippen molar-refractivity contribution in [2.24, 2.45) is 0 Å². The van der Waals surface area contributed by atoms with Gasteiger partial charge in [-0.1, -0.05) is 24.8 Å². The topological polar surface area (TPSA) is 70.6 Å². The summed E-state index contributed by atoms with van der Waals surface area (Å²) in [6, 6.07) is 14.3. The van der Waals surface area contributed by atoms with Gasteiger partial charge in [0.2, 0.25) is 5.91 Å². The Morgan fingerprint density at radius 3 is 2.69 bits per heavy atom. The molecule has 0 radical (unpaired) electrons. The van der Waals surface area contributed by atoms with Crippen molar-refractivity contribution in [1.29, 1.82) is 0 Å². The number of carbonyl (C=O) groups is 1. The third-order valence-corrected chi connectivity index (χ3v) is 6.64. The summed E-state index contributed by atoms with van der Waals surface area (Å²) in [6.07, 6.45) is 5.40. The molecule has 1 amide bonds. The number of methoxy groups -OCH3 is 1. The van der Waals surface area contributed by atoms with Crippen LogP contribution in [-0.4, -0.2) is 61.1 Å². The molecule has 0 saturated carbocycles. The number of piperazine rings is 1. The largest absolute Gasteiger partial charge is 0.496 e. The fourth-order valence-corrected chi connectivity index (χ4v) is 4.43. The van der Waals surface area contributed by atoms with Crippen LogP contribution in [0.25, 0.3) is 0 Å². The zero-order valence-corrected chi connectivity index (χ0v) is 21.5. The number of hydrogen-bond donors (Lipinski definition) is 1. The molecule has 36 heavy (non-hydrogen) atoms. The first-order chi connectivity index (χ1) is 17.4. The SMILES string of the molecule is C=CC(=O)Nc1cccc(CCc2nc(Cc3ccc(N4CCN(C)CC4)cc3OC)ncc2C)c1. The van der Waals surface area contributed by atoms with Crippen LogP contribution >= 0.6 is 0 Å². The summed E-state index contributed by atoms with van der Waals surface area (Å²) < 4.78 is 5.75. The Morgan fingerprint density at radius 1 is 1.14 bits per heavy atom. The number of carbonyl (C=O) groups excluding carboxylic acids is 1. The number of anilines is 2. The van der Waals surface area contributed by atoms with Crippen LogP contribution in [-0.2, 0) is 24.1 Å². The average Bonchev–Trinajstić information content (AvgIpc) is 2.89. The van der Waals surface area contributed by atoms with Gasteiger partial charge in [0, 0.05) is 67.5 Å². The standard InChI is InChI=1S/C29H35N5O2/c1-5-29(35)31-24-8-6-7-22(17-24)9-12-26-21(2)20-30-28(32-26)18-23-10-11-25(19-27(23)36-4)34-15-13-33(3)14-16-34/h5-8,10-11,17,19-20H,1,9,12-16,18H2,2-4H3,(H,31,35). The first-order valence-corrected chi connectivity index (χ1v) is 12.4. The lowest BCUT2D eigenvalue weighted by atomic mass is 10.0. The van der Waals surface area contributed by atoms with E-state index in [4.69, 9.17) is 9.72 Å². The molecule has 188 valence electrons. The Hall–Kier alpha value is -3.71. The van der Waals surface area contributed by atoms with E-state index >= 15 is 0 Å². The molecule has 2 aromatic carbocycles. The molecule has 1 aliphatic rings. The van der Waals surface area contributed by atoms with Gasteiger partial charge < -0.3 is 19.9 Å². The van der Waals surface area contributed by atoms with Crippen molar-refractivity contribution >= 4 is 17.3 Å². The molecule has 7 nitrogen and oxygen atoms in total. The Bertz CT molecular complexity index is 1220. The minimum absolute atomic E-state index is 0.213. The zero-order chi connectivity index (χ0) is 25.5. The summed E-state index contributed by atoms with van der Waals surface area (Å²) >= 11 is 0. The van der Waals surface area contributed by atoms with Crippen molar-refractivity contribution < 1.29 is 9.53 Å². The monoisotopic (exact) mass is 485 g/mol. The molecular formula is C29H35N5O2. The normalized spacial score (nSPS) is 13.9. The quantitative estimate of drug-likeness (QED) is 0.461. The number of likely N-dealkylation sites (N-methyl/N-ethyl adjacent to an activating group) is 1. The summed E-state index contributed by atoms with van der Waals surface area (Å²) in [5.41, 5.74) is 6.29. The summed E-state index contributed by atoms with van der Waals surface area (Å²) in [5, 5.41) is 2.82. The number of nitrogens with zero attached hydrogens (tertiary/aromatic N) is 4. The average molecular weight is 486 g/mol. The molecule has 2 heterocycles. The fraction of sp³-hybridized carbons (Fsp3) is 0.345. The van der Waals surface area contributed by atoms with Gasteiger partial charge in [0.05, 0.1) is 7.11 Å². The third-order valence-electron chi connectivity index (χ3n) is 6.64. The van der Waals surface area contributed by atoms with E-state index < -0.39 is 0 Å². The molecule has 0 spiro atoms. The van der Waals surface area contributed by atoms with Gasteiger partial charge in [-0.15, -0.1) is 0 Å². The molecule has 1 saturated heterocycles. The molecule has 1 aromatic heterocycles. The predicted octanol–water partition coefficient (Wildman–Crippen LogP) is 4.05. The van der Waals surface area contributed by atoms with Crippen LogP contribution < -0.4 is 15.0 Å². The first kappa shape index (κ1) is 25.4. The lowest BCUT2D eigenvalue weighted by Crippen LogP contribution is -2.44. The van der Waals surface area contributed by atoms with E-state index in [1.54, 1.807) is 7.11 Å². The van der Waals surface area contributed by atoms with E-state index in [0.29, 0.717) is 6.42 Å². The highest BCUT2D eigenvalue weighted by Crippen LogP contribution is 2.28. The molecule has 0 bridgehead atoms. The molecule has 3 aromatic rings. The van der Waals surface area contributed by atoms with Gasteiger partial charge in [0.15, 0.2) is 0 Å². The third kappa shape index (κ3) is 6.49. The molecule has 1 aliphatic heterocycles. The molecule has 0 atom stereocenters. The Balaban J connectivity index is 1.44. The van der Waals surface area contributed by atoms with E-state index in [-0.39, 0.29) is 5.91 Å². The van der Waals surface area contributed by atoms with Gasteiger partial charge in [-0.3, -0.25) is 4.79 Å². The second-order valence-corrected chi connectivity index (χ2v) is 9.27. The smallest absolute Gasteiger partial charge is 0.247 e. The first-order valence-electron chi connectivity index (χ1n) is 12.4. The Kier molecular flexibility index (Phi) is 8.33. The minimum atomic E-state index is -0.213. The predicted molar refractivity (Wildman–Crippen MR) is 145 cm³/mol. The second-order valence-electron chi connectivity index (χ2n) is 9.27. The van der Waals surface area contributed by atoms with Gasteiger partial charge in [0.1, 0.15) is 11.6 Å². The van der Waals surface area contributed by atoms with Gasteiger partial charge in [-0.25, -0.2) is 9.97 Å². The van der Waals surface area contributed by atoms with Crippen molar-refractivity contribution in [3.8, 4) is 5.75 Å². The number of nitrogens with one attached hydrogen (secondary N) is 1. The number of ether oxygens (including phenoxy) is 1. The Morgan fingerprint density at radius 2 is 1.94 bits per heavy atom. The molecular weight excluding hydrogens is 450 g/mol. The maximum Gasteiger partial charge on any atom is 0.247 e. The van der Waals surface area contributed by atoms with Crippen LogP contribution in [0.15, 0.2) is 61.3 Å². The van der Waals surface area contributed by atoms with E-state index in [1.165, 1.54) is 11.8 Å². The maximum absolute atomic E-state index is 11.6. The van der Waals surface area contributed by atoms with Gasteiger partial charge in [-0.2, -0.15) is 0 Å². The lowest BCUT2D eigenvalue weighted by Gasteiger charge is -2.34. The van der Waals surface area contributed by atoms with E-state index in [1.807, 2.05) is 31.3 Å². The molecule has 0 unspecified atom stereocenters. The molecule has 1 N–H and O–H groups in total. The number of aryl methyl sites for hydroxylation is 3. The lowest BCUT2D eigenvalue weighted by molar-refractivity contribution is -0.111. The highest BCUT2D eigenvalue weighted by molar-refractivity contribution is 5.98. The number of benzene rings is 2. The number of aromatic nitrogens is 2.